The van der Waals surface area contributed by atoms with Gasteiger partial charge in [0.15, 0.2) is 0 Å². The van der Waals surface area contributed by atoms with Gasteiger partial charge in [-0.2, -0.15) is 0 Å². The summed E-state index contributed by atoms with van der Waals surface area (Å²) >= 11 is 0. The summed E-state index contributed by atoms with van der Waals surface area (Å²) in [6.07, 6.45) is 2.22. The first-order valence-electron chi connectivity index (χ1n) is 15.0. The number of imide groups is 1. The summed E-state index contributed by atoms with van der Waals surface area (Å²) in [5, 5.41) is 23.6. The number of rotatable bonds is 9. The first kappa shape index (κ1) is 29.8. The molecule has 2 amide bonds. The molecule has 0 bridgehead atoms. The highest BCUT2D eigenvalue weighted by molar-refractivity contribution is 6.45. The maximum absolute atomic E-state index is 13.4. The number of carbonyl (C=O) groups excluding carboxylic acids is 2. The van der Waals surface area contributed by atoms with Crippen LogP contribution in [0.5, 0.6) is 5.75 Å². The molecule has 0 unspecified atom stereocenters. The molecule has 2 aromatic carbocycles. The number of benzene rings is 2. The molecule has 6 rings (SSSR count). The van der Waals surface area contributed by atoms with E-state index in [1.807, 2.05) is 36.9 Å². The molecule has 44 heavy (non-hydrogen) atoms. The van der Waals surface area contributed by atoms with Crippen molar-refractivity contribution in [1.82, 2.24) is 14.7 Å². The van der Waals surface area contributed by atoms with Crippen molar-refractivity contribution in [2.45, 2.75) is 52.1 Å². The van der Waals surface area contributed by atoms with Crippen molar-refractivity contribution >= 4 is 36.0 Å². The van der Waals surface area contributed by atoms with Crippen molar-refractivity contribution in [3.63, 3.8) is 0 Å². The number of hydrogen-bond acceptors (Lipinski definition) is 9. The van der Waals surface area contributed by atoms with Gasteiger partial charge in [-0.3, -0.25) is 24.3 Å². The first-order valence-corrected chi connectivity index (χ1v) is 15.0. The third-order valence-electron chi connectivity index (χ3n) is 8.66. The molecular formula is C32H36BN5O6. The van der Waals surface area contributed by atoms with Crippen LogP contribution in [0.2, 0.25) is 6.82 Å². The molecule has 4 N–H and O–H groups in total. The Morgan fingerprint density at radius 1 is 1.09 bits per heavy atom. The summed E-state index contributed by atoms with van der Waals surface area (Å²) in [7, 11) is -0.562. The molecule has 0 spiro atoms. The van der Waals surface area contributed by atoms with Gasteiger partial charge in [0.25, 0.3) is 17.4 Å². The van der Waals surface area contributed by atoms with Crippen molar-refractivity contribution in [2.75, 3.05) is 31.6 Å². The van der Waals surface area contributed by atoms with E-state index in [1.165, 1.54) is 11.1 Å². The van der Waals surface area contributed by atoms with Gasteiger partial charge >= 0.3 is 7.05 Å². The molecule has 11 nitrogen and oxygen atoms in total. The van der Waals surface area contributed by atoms with Crippen LogP contribution in [0.4, 0.5) is 11.4 Å². The van der Waals surface area contributed by atoms with Crippen molar-refractivity contribution in [3.05, 3.63) is 86.3 Å². The maximum atomic E-state index is 13.4. The number of aryl methyl sites for hydroxylation is 2. The molecule has 0 saturated carbocycles. The number of hydrogen-bond donors (Lipinski definition) is 4. The molecule has 3 aliphatic rings. The number of carbonyl (C=O) groups is 2. The highest BCUT2D eigenvalue weighted by Gasteiger charge is 2.42. The number of nitrogens with zero attached hydrogens (tertiary/aromatic N) is 3. The molecule has 4 heterocycles. The van der Waals surface area contributed by atoms with Gasteiger partial charge in [-0.1, -0.05) is 17.7 Å². The second-order valence-electron chi connectivity index (χ2n) is 11.9. The molecule has 1 fully saturated rings. The Kier molecular flexibility index (Phi) is 8.15. The van der Waals surface area contributed by atoms with E-state index in [1.54, 1.807) is 25.0 Å². The molecule has 12 heteroatoms. The van der Waals surface area contributed by atoms with E-state index in [0.717, 1.165) is 16.7 Å². The van der Waals surface area contributed by atoms with Crippen LogP contribution in [0.25, 0.3) is 0 Å². The number of nitrogens with one attached hydrogen (secondary N) is 2. The number of ether oxygens (including phenoxy) is 1. The summed E-state index contributed by atoms with van der Waals surface area (Å²) < 4.78 is 5.80. The van der Waals surface area contributed by atoms with Crippen LogP contribution < -0.4 is 15.6 Å². The van der Waals surface area contributed by atoms with Crippen LogP contribution in [-0.4, -0.2) is 87.8 Å². The zero-order chi connectivity index (χ0) is 31.1. The van der Waals surface area contributed by atoms with E-state index >= 15 is 0 Å². The minimum Gasteiger partial charge on any atom is -0.491 e. The Hall–Kier alpha value is -4.26. The third kappa shape index (κ3) is 5.68. The molecule has 1 saturated heterocycles. The molecule has 1 aromatic heterocycles. The number of aliphatic imine (C=N–C) groups is 1. The number of aliphatic hydroxyl groups excluding tert-OH is 1. The van der Waals surface area contributed by atoms with Crippen LogP contribution in [0.1, 0.15) is 55.8 Å². The minimum atomic E-state index is -0.840. The van der Waals surface area contributed by atoms with Gasteiger partial charge in [0.1, 0.15) is 18.5 Å². The maximum Gasteiger partial charge on any atom is 0.376 e. The van der Waals surface area contributed by atoms with Gasteiger partial charge in [-0.25, -0.2) is 0 Å². The number of aliphatic hydroxyl groups is 1. The van der Waals surface area contributed by atoms with Crippen LogP contribution >= 0.6 is 0 Å². The van der Waals surface area contributed by atoms with Crippen molar-refractivity contribution in [3.8, 4) is 5.75 Å². The Balaban J connectivity index is 1.16. The second kappa shape index (κ2) is 12.0. The summed E-state index contributed by atoms with van der Waals surface area (Å²) in [5.41, 5.74) is 5.15. The van der Waals surface area contributed by atoms with Gasteiger partial charge in [0.2, 0.25) is 0 Å². The van der Waals surface area contributed by atoms with E-state index in [2.05, 4.69) is 10.3 Å². The molecule has 1 atom stereocenters. The SMILES string of the molecule is CB(O)N1CCC(N2C(=O)c3cc4c(cc3C2=O)N=C(c2c(NC[C@@H](O)COc3ccc(C)cc3C)cc[nH]c2=O)C4)CC1. The Morgan fingerprint density at radius 3 is 2.52 bits per heavy atom. The van der Waals surface area contributed by atoms with Gasteiger partial charge in [0.05, 0.1) is 33.8 Å². The van der Waals surface area contributed by atoms with E-state index in [4.69, 9.17) is 9.73 Å². The number of aromatic amines is 1. The lowest BCUT2D eigenvalue weighted by molar-refractivity contribution is 0.0531. The molecule has 0 aliphatic carbocycles. The zero-order valence-corrected chi connectivity index (χ0v) is 25.1. The molecule has 0 radical (unpaired) electrons. The molecule has 3 aromatic rings. The van der Waals surface area contributed by atoms with Gasteiger partial charge in [-0.15, -0.1) is 0 Å². The van der Waals surface area contributed by atoms with Crippen molar-refractivity contribution in [1.29, 1.82) is 0 Å². The van der Waals surface area contributed by atoms with Gasteiger partial charge in [-0.05, 0) is 82.0 Å². The highest BCUT2D eigenvalue weighted by Crippen LogP contribution is 2.37. The topological polar surface area (TPSA) is 148 Å². The summed E-state index contributed by atoms with van der Waals surface area (Å²) in [5.74, 6) is 0.0656. The van der Waals surface area contributed by atoms with Crippen LogP contribution in [0.3, 0.4) is 0 Å². The fourth-order valence-electron chi connectivity index (χ4n) is 6.29. The molecule has 228 valence electrons. The van der Waals surface area contributed by atoms with E-state index in [9.17, 15) is 24.5 Å². The quantitative estimate of drug-likeness (QED) is 0.218. The van der Waals surface area contributed by atoms with Crippen LogP contribution in [-0.2, 0) is 6.42 Å². The summed E-state index contributed by atoms with van der Waals surface area (Å²) in [6.45, 7) is 7.12. The largest absolute Gasteiger partial charge is 0.491 e. The van der Waals surface area contributed by atoms with Crippen LogP contribution in [0, 0.1) is 13.8 Å². The fourth-order valence-corrected chi connectivity index (χ4v) is 6.29. The number of pyridine rings is 1. The molecule has 3 aliphatic heterocycles. The number of aromatic nitrogens is 1. The van der Waals surface area contributed by atoms with E-state index < -0.39 is 13.2 Å². The summed E-state index contributed by atoms with van der Waals surface area (Å²) in [4.78, 5) is 50.5. The van der Waals surface area contributed by atoms with Gasteiger partial charge < -0.3 is 30.0 Å². The second-order valence-corrected chi connectivity index (χ2v) is 11.9. The average molecular weight is 597 g/mol. The lowest BCUT2D eigenvalue weighted by atomic mass is 9.82. The minimum absolute atomic E-state index is 0.0755. The Bertz CT molecular complexity index is 1710. The normalized spacial score (nSPS) is 17.4. The number of piperidine rings is 1. The lowest BCUT2D eigenvalue weighted by Gasteiger charge is -2.36. The Morgan fingerprint density at radius 2 is 1.82 bits per heavy atom. The average Bonchev–Trinajstić information content (AvgIpc) is 3.51. The Labute approximate surface area is 255 Å². The predicted octanol–water partition coefficient (Wildman–Crippen LogP) is 2.69. The monoisotopic (exact) mass is 597 g/mol. The standard InChI is InChI=1S/C32H36BN5O6/c1-18-4-5-28(19(2)12-18)44-17-22(39)16-35-25-6-9-34-30(40)29(25)27-14-20-13-23-24(15-26(20)36-27)32(42)38(31(23)41)21-7-10-37(11-8-21)33(3)43/h4-6,9,12-13,15,21-22,39,43H,7-8,10-11,14,16-17H2,1-3H3,(H2,34,35,40)/t22-/m1/s1. The number of fused-ring (bicyclic) bond motifs is 2. The van der Waals surface area contributed by atoms with Crippen LogP contribution in [0.15, 0.2) is 52.4 Å². The van der Waals surface area contributed by atoms with E-state index in [0.29, 0.717) is 71.9 Å². The summed E-state index contributed by atoms with van der Waals surface area (Å²) in [6, 6.07) is 10.7. The number of H-pyrrole nitrogens is 1. The smallest absolute Gasteiger partial charge is 0.376 e. The van der Waals surface area contributed by atoms with Crippen molar-refractivity contribution < 1.29 is 24.5 Å². The van der Waals surface area contributed by atoms with E-state index in [-0.39, 0.29) is 36.6 Å². The lowest BCUT2D eigenvalue weighted by Crippen LogP contribution is -2.50. The fraction of sp³-hybridized carbons (Fsp3) is 0.375. The molecular weight excluding hydrogens is 561 g/mol. The van der Waals surface area contributed by atoms with Crippen molar-refractivity contribution in [2.24, 2.45) is 4.99 Å². The zero-order valence-electron chi connectivity index (χ0n) is 25.1. The third-order valence-corrected chi connectivity index (χ3v) is 8.66. The predicted molar refractivity (Wildman–Crippen MR) is 168 cm³/mol. The highest BCUT2D eigenvalue weighted by atomic mass is 16.5. The number of anilines is 1. The number of amides is 2. The van der Waals surface area contributed by atoms with Gasteiger partial charge in [0, 0.05) is 25.2 Å². The first-order chi connectivity index (χ1) is 21.1.